The highest BCUT2D eigenvalue weighted by Gasteiger charge is 2.27. The first-order valence-electron chi connectivity index (χ1n) is 6.95. The van der Waals surface area contributed by atoms with E-state index >= 15 is 0 Å². The molecule has 0 aliphatic carbocycles. The number of nitrogens with one attached hydrogen (secondary N) is 2. The zero-order valence-corrected chi connectivity index (χ0v) is 12.8. The minimum atomic E-state index is -2.93. The molecule has 0 aromatic heterocycles. The van der Waals surface area contributed by atoms with Crippen LogP contribution in [0.4, 0.5) is 5.69 Å². The van der Waals surface area contributed by atoms with E-state index in [1.54, 1.807) is 12.1 Å². The summed E-state index contributed by atoms with van der Waals surface area (Å²) in [6.45, 7) is 2.48. The summed E-state index contributed by atoms with van der Waals surface area (Å²) in [6, 6.07) is 7.07. The molecule has 2 rings (SSSR count). The second kappa shape index (κ2) is 6.91. The molecule has 7 heteroatoms. The second-order valence-electron chi connectivity index (χ2n) is 4.96. The average Bonchev–Trinajstić information content (AvgIpc) is 2.79. The normalized spacial score (nSPS) is 20.1. The number of benzene rings is 1. The Balaban J connectivity index is 1.85. The van der Waals surface area contributed by atoms with Gasteiger partial charge in [-0.2, -0.15) is 0 Å². The van der Waals surface area contributed by atoms with E-state index in [0.717, 1.165) is 0 Å². The van der Waals surface area contributed by atoms with Crippen LogP contribution in [0.2, 0.25) is 0 Å². The van der Waals surface area contributed by atoms with Crippen molar-refractivity contribution in [2.24, 2.45) is 0 Å². The smallest absolute Gasteiger partial charge is 0.238 e. The van der Waals surface area contributed by atoms with Crippen LogP contribution in [0, 0.1) is 0 Å². The summed E-state index contributed by atoms with van der Waals surface area (Å²) >= 11 is 0. The highest BCUT2D eigenvalue weighted by Crippen LogP contribution is 2.23. The third kappa shape index (κ3) is 4.71. The first-order chi connectivity index (χ1) is 10.00. The molecule has 21 heavy (non-hydrogen) atoms. The molecule has 0 radical (unpaired) electrons. The predicted octanol–water partition coefficient (Wildman–Crippen LogP) is 0.800. The van der Waals surface area contributed by atoms with Crippen LogP contribution < -0.4 is 15.4 Å². The third-order valence-corrected chi connectivity index (χ3v) is 5.01. The van der Waals surface area contributed by atoms with Gasteiger partial charge < -0.3 is 15.4 Å². The highest BCUT2D eigenvalue weighted by atomic mass is 32.2. The maximum absolute atomic E-state index is 11.9. The Bertz CT molecular complexity index is 601. The maximum atomic E-state index is 11.9. The largest absolute Gasteiger partial charge is 0.492 e. The number of amides is 1. The second-order valence-corrected chi connectivity index (χ2v) is 7.19. The van der Waals surface area contributed by atoms with Crippen molar-refractivity contribution >= 4 is 21.4 Å². The molecule has 1 amide bonds. The van der Waals surface area contributed by atoms with Gasteiger partial charge in [-0.1, -0.05) is 12.1 Å². The van der Waals surface area contributed by atoms with Crippen molar-refractivity contribution in [2.45, 2.75) is 19.4 Å². The first kappa shape index (κ1) is 15.8. The number of anilines is 1. The molecule has 1 fully saturated rings. The molecule has 116 valence electrons. The van der Waals surface area contributed by atoms with Gasteiger partial charge in [-0.25, -0.2) is 8.42 Å². The van der Waals surface area contributed by atoms with E-state index in [1.807, 2.05) is 19.1 Å². The van der Waals surface area contributed by atoms with Crippen LogP contribution in [0.5, 0.6) is 5.75 Å². The summed E-state index contributed by atoms with van der Waals surface area (Å²) in [6.07, 6.45) is 0.561. The van der Waals surface area contributed by atoms with E-state index in [1.165, 1.54) is 0 Å². The van der Waals surface area contributed by atoms with Crippen molar-refractivity contribution < 1.29 is 17.9 Å². The van der Waals surface area contributed by atoms with Gasteiger partial charge in [0.25, 0.3) is 0 Å². The lowest BCUT2D eigenvalue weighted by atomic mass is 10.2. The molecule has 2 N–H and O–H groups in total. The van der Waals surface area contributed by atoms with Crippen molar-refractivity contribution in [3.05, 3.63) is 24.3 Å². The van der Waals surface area contributed by atoms with Gasteiger partial charge >= 0.3 is 0 Å². The van der Waals surface area contributed by atoms with Gasteiger partial charge in [0.1, 0.15) is 5.75 Å². The summed E-state index contributed by atoms with van der Waals surface area (Å²) in [5, 5.41) is 5.74. The molecular formula is C14H20N2O4S. The SMILES string of the molecule is CCOc1ccccc1NC(=O)CNC1CCS(=O)(=O)C1. The summed E-state index contributed by atoms with van der Waals surface area (Å²) in [4.78, 5) is 11.9. The Morgan fingerprint density at radius 2 is 2.14 bits per heavy atom. The van der Waals surface area contributed by atoms with Gasteiger partial charge in [0.05, 0.1) is 30.3 Å². The van der Waals surface area contributed by atoms with Crippen LogP contribution in [0.1, 0.15) is 13.3 Å². The molecule has 0 bridgehead atoms. The van der Waals surface area contributed by atoms with Crippen LogP contribution in [0.15, 0.2) is 24.3 Å². The van der Waals surface area contributed by atoms with Gasteiger partial charge in [-0.3, -0.25) is 4.79 Å². The van der Waals surface area contributed by atoms with Gasteiger partial charge in [-0.15, -0.1) is 0 Å². The number of ether oxygens (including phenoxy) is 1. The molecule has 6 nitrogen and oxygen atoms in total. The minimum absolute atomic E-state index is 0.0840. The van der Waals surface area contributed by atoms with E-state index in [4.69, 9.17) is 4.74 Å². The molecular weight excluding hydrogens is 292 g/mol. The number of carbonyl (C=O) groups is 1. The summed E-state index contributed by atoms with van der Waals surface area (Å²) in [5.41, 5.74) is 0.616. The third-order valence-electron chi connectivity index (χ3n) is 3.24. The molecule has 1 heterocycles. The maximum Gasteiger partial charge on any atom is 0.238 e. The number of para-hydroxylation sites is 2. The van der Waals surface area contributed by atoms with Crippen molar-refractivity contribution in [3.63, 3.8) is 0 Å². The molecule has 0 saturated carbocycles. The van der Waals surface area contributed by atoms with Gasteiger partial charge in [0, 0.05) is 6.04 Å². The summed E-state index contributed by atoms with van der Waals surface area (Å²) in [5.74, 6) is 0.707. The monoisotopic (exact) mass is 312 g/mol. The van der Waals surface area contributed by atoms with Crippen molar-refractivity contribution in [1.29, 1.82) is 0 Å². The first-order valence-corrected chi connectivity index (χ1v) is 8.78. The highest BCUT2D eigenvalue weighted by molar-refractivity contribution is 7.91. The van der Waals surface area contributed by atoms with Gasteiger partial charge in [0.15, 0.2) is 9.84 Å². The Hall–Kier alpha value is -1.60. The summed E-state index contributed by atoms with van der Waals surface area (Å²) in [7, 11) is -2.93. The molecule has 1 aromatic carbocycles. The molecule has 1 aromatic rings. The van der Waals surface area contributed by atoms with Crippen molar-refractivity contribution in [1.82, 2.24) is 5.32 Å². The van der Waals surface area contributed by atoms with Gasteiger partial charge in [0.2, 0.25) is 5.91 Å². The molecule has 1 saturated heterocycles. The van der Waals surface area contributed by atoms with Crippen LogP contribution in [0.3, 0.4) is 0 Å². The van der Waals surface area contributed by atoms with Gasteiger partial charge in [-0.05, 0) is 25.5 Å². The fourth-order valence-electron chi connectivity index (χ4n) is 2.24. The number of carbonyl (C=O) groups excluding carboxylic acids is 1. The van der Waals surface area contributed by atoms with Crippen LogP contribution in [-0.4, -0.2) is 45.0 Å². The summed E-state index contributed by atoms with van der Waals surface area (Å²) < 4.78 is 28.1. The molecule has 1 aliphatic rings. The fourth-order valence-corrected chi connectivity index (χ4v) is 3.95. The topological polar surface area (TPSA) is 84.5 Å². The Morgan fingerprint density at radius 1 is 1.38 bits per heavy atom. The zero-order valence-electron chi connectivity index (χ0n) is 12.0. The lowest BCUT2D eigenvalue weighted by Crippen LogP contribution is -2.36. The Labute approximate surface area is 124 Å². The van der Waals surface area contributed by atoms with E-state index in [-0.39, 0.29) is 30.0 Å². The molecule has 1 aliphatic heterocycles. The molecule has 1 atom stereocenters. The number of rotatable bonds is 6. The van der Waals surface area contributed by atoms with E-state index in [9.17, 15) is 13.2 Å². The molecule has 1 unspecified atom stereocenters. The lowest BCUT2D eigenvalue weighted by molar-refractivity contribution is -0.115. The quantitative estimate of drug-likeness (QED) is 0.812. The number of sulfone groups is 1. The van der Waals surface area contributed by atoms with Crippen LogP contribution in [0.25, 0.3) is 0 Å². The van der Waals surface area contributed by atoms with Crippen molar-refractivity contribution in [3.8, 4) is 5.75 Å². The minimum Gasteiger partial charge on any atom is -0.492 e. The van der Waals surface area contributed by atoms with E-state index in [2.05, 4.69) is 10.6 Å². The van der Waals surface area contributed by atoms with E-state index in [0.29, 0.717) is 24.5 Å². The zero-order chi connectivity index (χ0) is 15.3. The Morgan fingerprint density at radius 3 is 2.81 bits per heavy atom. The van der Waals surface area contributed by atoms with Crippen LogP contribution >= 0.6 is 0 Å². The fraction of sp³-hybridized carbons (Fsp3) is 0.500. The Kier molecular flexibility index (Phi) is 5.19. The predicted molar refractivity (Wildman–Crippen MR) is 81.3 cm³/mol. The lowest BCUT2D eigenvalue weighted by Gasteiger charge is -2.13. The standard InChI is InChI=1S/C14H20N2O4S/c1-2-20-13-6-4-3-5-12(13)16-14(17)9-15-11-7-8-21(18,19)10-11/h3-6,11,15H,2,7-10H2,1H3,(H,16,17). The van der Waals surface area contributed by atoms with E-state index < -0.39 is 9.84 Å². The van der Waals surface area contributed by atoms with Crippen LogP contribution in [-0.2, 0) is 14.6 Å². The number of hydrogen-bond acceptors (Lipinski definition) is 5. The molecule has 0 spiro atoms. The van der Waals surface area contributed by atoms with Crippen molar-refractivity contribution in [2.75, 3.05) is 30.0 Å². The average molecular weight is 312 g/mol. The number of hydrogen-bond donors (Lipinski definition) is 2.